The van der Waals surface area contributed by atoms with Crippen LogP contribution in [0.3, 0.4) is 0 Å². The van der Waals surface area contributed by atoms with Gasteiger partial charge in [0.25, 0.3) is 0 Å². The van der Waals surface area contributed by atoms with Crippen molar-refractivity contribution in [2.24, 2.45) is 0 Å². The first kappa shape index (κ1) is 13.1. The topological polar surface area (TPSA) is 15.3 Å². The molecule has 0 bridgehead atoms. The van der Waals surface area contributed by atoms with Crippen LogP contribution in [0.15, 0.2) is 29.6 Å². The molecule has 0 spiro atoms. The third-order valence-corrected chi connectivity index (χ3v) is 5.04. The van der Waals surface area contributed by atoms with Gasteiger partial charge in [0.15, 0.2) is 0 Å². The van der Waals surface area contributed by atoms with Crippen molar-refractivity contribution in [3.05, 3.63) is 35.2 Å². The van der Waals surface area contributed by atoms with Gasteiger partial charge in [-0.25, -0.2) is 0 Å². The van der Waals surface area contributed by atoms with E-state index in [1.165, 1.54) is 35.0 Å². The normalized spacial score (nSPS) is 21.0. The number of fused-ring (bicyclic) bond motifs is 1. The van der Waals surface area contributed by atoms with E-state index in [-0.39, 0.29) is 0 Å². The Labute approximate surface area is 119 Å². The van der Waals surface area contributed by atoms with Gasteiger partial charge < -0.3 is 5.32 Å². The van der Waals surface area contributed by atoms with E-state index in [9.17, 15) is 0 Å². The molecule has 1 unspecified atom stereocenters. The molecule has 3 rings (SSSR count). The zero-order valence-electron chi connectivity index (χ0n) is 11.6. The minimum Gasteiger partial charge on any atom is -0.314 e. The number of nitrogens with one attached hydrogen (secondary N) is 1. The van der Waals surface area contributed by atoms with Gasteiger partial charge >= 0.3 is 0 Å². The monoisotopic (exact) mass is 274 g/mol. The molecule has 2 aromatic rings. The van der Waals surface area contributed by atoms with E-state index in [4.69, 9.17) is 0 Å². The lowest BCUT2D eigenvalue weighted by molar-refractivity contribution is 0.145. The lowest BCUT2D eigenvalue weighted by Crippen LogP contribution is -2.50. The van der Waals surface area contributed by atoms with Gasteiger partial charge in [0.05, 0.1) is 0 Å². The van der Waals surface area contributed by atoms with Crippen molar-refractivity contribution in [2.75, 3.05) is 19.6 Å². The molecule has 2 heterocycles. The Hall–Kier alpha value is -0.900. The molecule has 1 aliphatic rings. The van der Waals surface area contributed by atoms with Crippen molar-refractivity contribution in [3.8, 4) is 0 Å². The van der Waals surface area contributed by atoms with Crippen LogP contribution in [0.4, 0.5) is 0 Å². The predicted molar refractivity (Wildman–Crippen MR) is 83.8 cm³/mol. The number of nitrogens with zero attached hydrogens (tertiary/aromatic N) is 1. The summed E-state index contributed by atoms with van der Waals surface area (Å²) in [6.45, 7) is 6.84. The number of rotatable bonds is 4. The highest BCUT2D eigenvalue weighted by molar-refractivity contribution is 7.17. The second-order valence-electron chi connectivity index (χ2n) is 5.37. The Bertz CT molecular complexity index is 532. The molecule has 3 heteroatoms. The van der Waals surface area contributed by atoms with Crippen molar-refractivity contribution in [3.63, 3.8) is 0 Å². The number of piperazine rings is 1. The van der Waals surface area contributed by atoms with Gasteiger partial charge in [0.1, 0.15) is 0 Å². The fourth-order valence-corrected chi connectivity index (χ4v) is 3.96. The highest BCUT2D eigenvalue weighted by atomic mass is 32.1. The zero-order chi connectivity index (χ0) is 13.1. The summed E-state index contributed by atoms with van der Waals surface area (Å²) in [6.07, 6.45) is 2.57. The number of thiophene rings is 1. The second-order valence-corrected chi connectivity index (χ2v) is 6.29. The molecule has 0 radical (unpaired) electrons. The Balaban J connectivity index is 1.79. The summed E-state index contributed by atoms with van der Waals surface area (Å²) in [5.41, 5.74) is 1.50. The lowest BCUT2D eigenvalue weighted by Gasteiger charge is -2.36. The Morgan fingerprint density at radius 1 is 1.37 bits per heavy atom. The summed E-state index contributed by atoms with van der Waals surface area (Å²) < 4.78 is 1.42. The molecule has 2 nitrogen and oxygen atoms in total. The van der Waals surface area contributed by atoms with Gasteiger partial charge in [-0.05, 0) is 28.8 Å². The van der Waals surface area contributed by atoms with Gasteiger partial charge in [-0.3, -0.25) is 4.90 Å². The van der Waals surface area contributed by atoms with Crippen LogP contribution in [0.25, 0.3) is 10.1 Å². The molecule has 0 aliphatic carbocycles. The van der Waals surface area contributed by atoms with Gasteiger partial charge in [-0.2, -0.15) is 0 Å². The molecule has 1 atom stereocenters. The first-order chi connectivity index (χ1) is 9.38. The van der Waals surface area contributed by atoms with Gasteiger partial charge in [-0.15, -0.1) is 11.3 Å². The van der Waals surface area contributed by atoms with Crippen molar-refractivity contribution < 1.29 is 0 Å². The summed E-state index contributed by atoms with van der Waals surface area (Å²) in [4.78, 5) is 2.66. The second kappa shape index (κ2) is 6.04. The van der Waals surface area contributed by atoms with Crippen LogP contribution in [0, 0.1) is 0 Å². The van der Waals surface area contributed by atoms with E-state index in [1.807, 2.05) is 11.3 Å². The maximum atomic E-state index is 3.53. The first-order valence-electron chi connectivity index (χ1n) is 7.28. The number of hydrogen-bond donors (Lipinski definition) is 1. The summed E-state index contributed by atoms with van der Waals surface area (Å²) in [6, 6.07) is 9.48. The molecule has 1 aliphatic heterocycles. The molecule has 1 saturated heterocycles. The first-order valence-corrected chi connectivity index (χ1v) is 8.16. The molecule has 1 fully saturated rings. The summed E-state index contributed by atoms with van der Waals surface area (Å²) in [7, 11) is 0. The molecule has 19 heavy (non-hydrogen) atoms. The minimum absolute atomic E-state index is 0.706. The average molecular weight is 274 g/mol. The molecule has 0 amide bonds. The van der Waals surface area contributed by atoms with Gasteiger partial charge in [-0.1, -0.05) is 31.5 Å². The molecular weight excluding hydrogens is 252 g/mol. The average Bonchev–Trinajstić information content (AvgIpc) is 2.85. The predicted octanol–water partition coefficient (Wildman–Crippen LogP) is 3.48. The fourth-order valence-electron chi connectivity index (χ4n) is 3.00. The summed E-state index contributed by atoms with van der Waals surface area (Å²) in [5, 5.41) is 7.32. The van der Waals surface area contributed by atoms with Gasteiger partial charge in [0.2, 0.25) is 0 Å². The van der Waals surface area contributed by atoms with E-state index >= 15 is 0 Å². The van der Waals surface area contributed by atoms with Crippen LogP contribution in [0.1, 0.15) is 25.3 Å². The quantitative estimate of drug-likeness (QED) is 0.918. The van der Waals surface area contributed by atoms with Crippen LogP contribution >= 0.6 is 11.3 Å². The third kappa shape index (κ3) is 2.83. The summed E-state index contributed by atoms with van der Waals surface area (Å²) in [5.74, 6) is 0. The largest absolute Gasteiger partial charge is 0.314 e. The van der Waals surface area contributed by atoms with Crippen molar-refractivity contribution >= 4 is 21.4 Å². The molecule has 1 aromatic heterocycles. The van der Waals surface area contributed by atoms with Crippen molar-refractivity contribution in [2.45, 2.75) is 32.4 Å². The Morgan fingerprint density at radius 3 is 3.16 bits per heavy atom. The smallest absolute Gasteiger partial charge is 0.0346 e. The number of benzene rings is 1. The van der Waals surface area contributed by atoms with E-state index in [1.54, 1.807) is 0 Å². The van der Waals surface area contributed by atoms with Crippen LogP contribution in [-0.4, -0.2) is 30.6 Å². The summed E-state index contributed by atoms with van der Waals surface area (Å²) >= 11 is 1.87. The Kier molecular flexibility index (Phi) is 4.16. The maximum absolute atomic E-state index is 3.53. The van der Waals surface area contributed by atoms with Crippen LogP contribution in [0.5, 0.6) is 0 Å². The highest BCUT2D eigenvalue weighted by Gasteiger charge is 2.22. The molecule has 0 saturated carbocycles. The van der Waals surface area contributed by atoms with Crippen LogP contribution < -0.4 is 5.32 Å². The lowest BCUT2D eigenvalue weighted by atomic mass is 10.1. The SMILES string of the molecule is CCCC1CNCCN1Cc1csc2ccccc12. The maximum Gasteiger partial charge on any atom is 0.0346 e. The zero-order valence-corrected chi connectivity index (χ0v) is 12.4. The molecular formula is C16H22N2S. The molecule has 1 N–H and O–H groups in total. The van der Waals surface area contributed by atoms with E-state index in [0.717, 1.165) is 19.6 Å². The van der Waals surface area contributed by atoms with Crippen molar-refractivity contribution in [1.29, 1.82) is 0 Å². The number of hydrogen-bond acceptors (Lipinski definition) is 3. The Morgan fingerprint density at radius 2 is 2.26 bits per heavy atom. The van der Waals surface area contributed by atoms with Gasteiger partial charge in [0, 0.05) is 36.9 Å². The standard InChI is InChI=1S/C16H22N2S/c1-2-5-14-10-17-8-9-18(14)11-13-12-19-16-7-4-3-6-15(13)16/h3-4,6-7,12,14,17H,2,5,8-11H2,1H3. The van der Waals surface area contributed by atoms with Crippen molar-refractivity contribution in [1.82, 2.24) is 10.2 Å². The fraction of sp³-hybridized carbons (Fsp3) is 0.500. The molecule has 1 aromatic carbocycles. The molecule has 102 valence electrons. The minimum atomic E-state index is 0.706. The highest BCUT2D eigenvalue weighted by Crippen LogP contribution is 2.27. The third-order valence-electron chi connectivity index (χ3n) is 4.03. The van der Waals surface area contributed by atoms with E-state index < -0.39 is 0 Å². The van der Waals surface area contributed by atoms with Crippen LogP contribution in [0.2, 0.25) is 0 Å². The van der Waals surface area contributed by atoms with E-state index in [0.29, 0.717) is 6.04 Å². The van der Waals surface area contributed by atoms with E-state index in [2.05, 4.69) is 46.8 Å². The van der Waals surface area contributed by atoms with Crippen LogP contribution in [-0.2, 0) is 6.54 Å².